The van der Waals surface area contributed by atoms with Crippen LogP contribution in [0.5, 0.6) is 5.75 Å². The fourth-order valence-electron chi connectivity index (χ4n) is 1.45. The van der Waals surface area contributed by atoms with Gasteiger partial charge in [0.25, 0.3) is 5.91 Å². The molecule has 5 N–H and O–H groups in total. The molecule has 0 saturated heterocycles. The minimum atomic E-state index is -0.816. The number of amides is 2. The molecule has 0 heterocycles. The number of nitrogens with two attached hydrogens (primary N) is 2. The number of rotatable bonds is 5. The summed E-state index contributed by atoms with van der Waals surface area (Å²) in [7, 11) is 1.44. The van der Waals surface area contributed by atoms with E-state index < -0.39 is 11.3 Å². The van der Waals surface area contributed by atoms with Crippen LogP contribution in [0.1, 0.15) is 24.2 Å². The van der Waals surface area contributed by atoms with E-state index in [1.54, 1.807) is 32.0 Å². The molecule has 104 valence electrons. The number of nitrogen functional groups attached to an aromatic ring is 1. The average Bonchev–Trinajstić information content (AvgIpc) is 2.35. The lowest BCUT2D eigenvalue weighted by molar-refractivity contribution is -0.125. The Bertz CT molecular complexity index is 498. The summed E-state index contributed by atoms with van der Waals surface area (Å²) in [6, 6.07) is 4.90. The van der Waals surface area contributed by atoms with E-state index in [0.717, 1.165) is 0 Å². The molecule has 0 unspecified atom stereocenters. The highest BCUT2D eigenvalue weighted by Crippen LogP contribution is 2.25. The third-order valence-electron chi connectivity index (χ3n) is 2.85. The Kier molecular flexibility index (Phi) is 4.37. The molecule has 0 radical (unpaired) electrons. The number of ether oxygens (including phenoxy) is 1. The minimum Gasteiger partial charge on any atom is -0.494 e. The number of carbonyl (C=O) groups excluding carboxylic acids is 2. The maximum absolute atomic E-state index is 12.0. The van der Waals surface area contributed by atoms with Crippen LogP contribution in [0.25, 0.3) is 0 Å². The number of para-hydroxylation sites is 1. The quantitative estimate of drug-likeness (QED) is 0.674. The molecule has 1 rings (SSSR count). The topological polar surface area (TPSA) is 107 Å². The fourth-order valence-corrected chi connectivity index (χ4v) is 1.45. The van der Waals surface area contributed by atoms with Crippen LogP contribution in [0, 0.1) is 5.41 Å². The van der Waals surface area contributed by atoms with Crippen LogP contribution in [-0.2, 0) is 4.79 Å². The van der Waals surface area contributed by atoms with E-state index in [1.807, 2.05) is 0 Å². The van der Waals surface area contributed by atoms with E-state index in [-0.39, 0.29) is 12.5 Å². The summed E-state index contributed by atoms with van der Waals surface area (Å²) in [5.74, 6) is -0.525. The van der Waals surface area contributed by atoms with Gasteiger partial charge in [0.1, 0.15) is 0 Å². The summed E-state index contributed by atoms with van der Waals surface area (Å²) in [4.78, 5) is 23.2. The van der Waals surface area contributed by atoms with Crippen LogP contribution in [0.15, 0.2) is 18.2 Å². The average molecular weight is 265 g/mol. The van der Waals surface area contributed by atoms with Crippen molar-refractivity contribution in [1.82, 2.24) is 5.32 Å². The predicted molar refractivity (Wildman–Crippen MR) is 72.7 cm³/mol. The molecule has 0 bridgehead atoms. The third-order valence-corrected chi connectivity index (χ3v) is 2.85. The zero-order valence-electron chi connectivity index (χ0n) is 11.3. The molecular formula is C13H19N3O3. The SMILES string of the molecule is COc1c(N)cccc1C(=O)NCC(C)(C)C(N)=O. The van der Waals surface area contributed by atoms with Gasteiger partial charge in [0, 0.05) is 6.54 Å². The van der Waals surface area contributed by atoms with E-state index in [1.165, 1.54) is 7.11 Å². The van der Waals surface area contributed by atoms with Crippen LogP contribution in [0.4, 0.5) is 5.69 Å². The first-order chi connectivity index (χ1) is 8.79. The summed E-state index contributed by atoms with van der Waals surface area (Å²) in [5, 5.41) is 2.65. The van der Waals surface area contributed by atoms with Crippen LogP contribution in [-0.4, -0.2) is 25.5 Å². The lowest BCUT2D eigenvalue weighted by Crippen LogP contribution is -2.42. The van der Waals surface area contributed by atoms with Gasteiger partial charge in [-0.3, -0.25) is 9.59 Å². The van der Waals surface area contributed by atoms with Crippen LogP contribution in [0.2, 0.25) is 0 Å². The Morgan fingerprint density at radius 3 is 2.53 bits per heavy atom. The van der Waals surface area contributed by atoms with Gasteiger partial charge in [-0.1, -0.05) is 6.07 Å². The van der Waals surface area contributed by atoms with Gasteiger partial charge in [0.15, 0.2) is 5.75 Å². The van der Waals surface area contributed by atoms with Gasteiger partial charge in [-0.05, 0) is 26.0 Å². The van der Waals surface area contributed by atoms with Crippen molar-refractivity contribution in [2.24, 2.45) is 11.1 Å². The number of hydrogen-bond acceptors (Lipinski definition) is 4. The predicted octanol–water partition coefficient (Wildman–Crippen LogP) is 0.519. The Balaban J connectivity index is 2.86. The summed E-state index contributed by atoms with van der Waals surface area (Å²) in [6.45, 7) is 3.46. The molecule has 6 heteroatoms. The highest BCUT2D eigenvalue weighted by molar-refractivity contribution is 5.99. The minimum absolute atomic E-state index is 0.138. The first kappa shape index (κ1) is 14.8. The van der Waals surface area contributed by atoms with Crippen LogP contribution in [0.3, 0.4) is 0 Å². The number of anilines is 1. The van der Waals surface area contributed by atoms with Crippen molar-refractivity contribution >= 4 is 17.5 Å². The number of primary amides is 1. The summed E-state index contributed by atoms with van der Waals surface area (Å²) in [5.41, 5.74) is 10.8. The maximum atomic E-state index is 12.0. The number of benzene rings is 1. The Morgan fingerprint density at radius 1 is 1.37 bits per heavy atom. The zero-order valence-corrected chi connectivity index (χ0v) is 11.3. The van der Waals surface area contributed by atoms with Crippen molar-refractivity contribution in [3.63, 3.8) is 0 Å². The second kappa shape index (κ2) is 5.60. The molecule has 0 fully saturated rings. The molecule has 2 amide bonds. The molecule has 0 saturated carbocycles. The van der Waals surface area contributed by atoms with Gasteiger partial charge in [0.2, 0.25) is 5.91 Å². The molecule has 0 spiro atoms. The van der Waals surface area contributed by atoms with E-state index in [9.17, 15) is 9.59 Å². The normalized spacial score (nSPS) is 10.9. The number of carbonyl (C=O) groups is 2. The van der Waals surface area contributed by atoms with Crippen molar-refractivity contribution in [2.45, 2.75) is 13.8 Å². The zero-order chi connectivity index (χ0) is 14.6. The van der Waals surface area contributed by atoms with Gasteiger partial charge < -0.3 is 21.5 Å². The largest absolute Gasteiger partial charge is 0.494 e. The second-order valence-corrected chi connectivity index (χ2v) is 4.86. The van der Waals surface area contributed by atoms with Gasteiger partial charge in [-0.15, -0.1) is 0 Å². The Morgan fingerprint density at radius 2 is 2.00 bits per heavy atom. The molecule has 0 atom stereocenters. The maximum Gasteiger partial charge on any atom is 0.255 e. The molecule has 0 aliphatic rings. The Hall–Kier alpha value is -2.24. The number of nitrogens with one attached hydrogen (secondary N) is 1. The summed E-state index contributed by atoms with van der Waals surface area (Å²) < 4.78 is 5.10. The second-order valence-electron chi connectivity index (χ2n) is 4.86. The van der Waals surface area contributed by atoms with E-state index >= 15 is 0 Å². The summed E-state index contributed by atoms with van der Waals surface area (Å²) >= 11 is 0. The third kappa shape index (κ3) is 3.37. The first-order valence-electron chi connectivity index (χ1n) is 5.80. The van der Waals surface area contributed by atoms with Crippen LogP contribution < -0.4 is 21.5 Å². The van der Waals surface area contributed by atoms with Crippen molar-refractivity contribution in [3.05, 3.63) is 23.8 Å². The molecule has 0 aliphatic heterocycles. The van der Waals surface area contributed by atoms with Crippen molar-refractivity contribution < 1.29 is 14.3 Å². The molecule has 0 aliphatic carbocycles. The van der Waals surface area contributed by atoms with Gasteiger partial charge in [0.05, 0.1) is 23.8 Å². The number of methoxy groups -OCH3 is 1. The van der Waals surface area contributed by atoms with E-state index in [2.05, 4.69) is 5.32 Å². The highest BCUT2D eigenvalue weighted by atomic mass is 16.5. The monoisotopic (exact) mass is 265 g/mol. The van der Waals surface area contributed by atoms with Crippen LogP contribution >= 0.6 is 0 Å². The van der Waals surface area contributed by atoms with Gasteiger partial charge in [-0.25, -0.2) is 0 Å². The molecule has 1 aromatic rings. The lowest BCUT2D eigenvalue weighted by atomic mass is 9.92. The summed E-state index contributed by atoms with van der Waals surface area (Å²) in [6.07, 6.45) is 0. The lowest BCUT2D eigenvalue weighted by Gasteiger charge is -2.21. The van der Waals surface area contributed by atoms with Gasteiger partial charge >= 0.3 is 0 Å². The van der Waals surface area contributed by atoms with E-state index in [4.69, 9.17) is 16.2 Å². The first-order valence-corrected chi connectivity index (χ1v) is 5.80. The molecule has 0 aromatic heterocycles. The molecular weight excluding hydrogens is 246 g/mol. The number of hydrogen-bond donors (Lipinski definition) is 3. The van der Waals surface area contributed by atoms with E-state index in [0.29, 0.717) is 17.0 Å². The standard InChI is InChI=1S/C13H19N3O3/c1-13(2,12(15)18)7-16-11(17)8-5-4-6-9(14)10(8)19-3/h4-6H,7,14H2,1-3H3,(H2,15,18)(H,16,17). The Labute approximate surface area is 112 Å². The smallest absolute Gasteiger partial charge is 0.255 e. The molecule has 19 heavy (non-hydrogen) atoms. The van der Waals surface area contributed by atoms with Gasteiger partial charge in [-0.2, -0.15) is 0 Å². The van der Waals surface area contributed by atoms with Crippen molar-refractivity contribution in [2.75, 3.05) is 19.4 Å². The van der Waals surface area contributed by atoms with Crippen molar-refractivity contribution in [1.29, 1.82) is 0 Å². The highest BCUT2D eigenvalue weighted by Gasteiger charge is 2.26. The fraction of sp³-hybridized carbons (Fsp3) is 0.385. The molecule has 6 nitrogen and oxygen atoms in total. The molecule has 1 aromatic carbocycles. The van der Waals surface area contributed by atoms with Crippen molar-refractivity contribution in [3.8, 4) is 5.75 Å².